The van der Waals surface area contributed by atoms with Gasteiger partial charge >= 0.3 is 0 Å². The number of oxime groups is 1. The first kappa shape index (κ1) is 14.4. The monoisotopic (exact) mass is 266 g/mol. The number of thiocarbonyl (C=S) groups is 1. The molecule has 0 saturated carbocycles. The summed E-state index contributed by atoms with van der Waals surface area (Å²) in [6, 6.07) is 7.63. The summed E-state index contributed by atoms with van der Waals surface area (Å²) < 4.78 is 5.07. The van der Waals surface area contributed by atoms with Crippen LogP contribution in [0.2, 0.25) is 0 Å². The lowest BCUT2D eigenvalue weighted by molar-refractivity contribution is 0.132. The number of hydrogen-bond donors (Lipinski definition) is 1. The van der Waals surface area contributed by atoms with Crippen LogP contribution < -0.4 is 10.1 Å². The number of rotatable bonds is 7. The highest BCUT2D eigenvalue weighted by Gasteiger charge is 1.94. The Morgan fingerprint density at radius 2 is 2.11 bits per heavy atom. The molecule has 1 aromatic rings. The standard InChI is InChI=1S/C13H18N2O2S/c1-3-8-14-13(18)9-15-17-10-11-4-6-12(16-2)7-5-11/h4-7,9H,3,8,10H2,1-2H3,(H,14,18). The van der Waals surface area contributed by atoms with Crippen molar-refractivity contribution in [1.29, 1.82) is 0 Å². The molecule has 0 atom stereocenters. The zero-order valence-electron chi connectivity index (χ0n) is 10.7. The molecule has 18 heavy (non-hydrogen) atoms. The number of ether oxygens (including phenoxy) is 1. The highest BCUT2D eigenvalue weighted by atomic mass is 32.1. The molecular weight excluding hydrogens is 248 g/mol. The third-order valence-electron chi connectivity index (χ3n) is 2.18. The van der Waals surface area contributed by atoms with Crippen molar-refractivity contribution in [2.24, 2.45) is 5.16 Å². The van der Waals surface area contributed by atoms with Gasteiger partial charge in [0.2, 0.25) is 0 Å². The van der Waals surface area contributed by atoms with Gasteiger partial charge in [-0.05, 0) is 24.1 Å². The lowest BCUT2D eigenvalue weighted by Gasteiger charge is -2.03. The van der Waals surface area contributed by atoms with Gasteiger partial charge < -0.3 is 14.9 Å². The number of hydrogen-bond acceptors (Lipinski definition) is 4. The number of benzene rings is 1. The third kappa shape index (κ3) is 5.63. The summed E-state index contributed by atoms with van der Waals surface area (Å²) in [6.45, 7) is 3.34. The van der Waals surface area contributed by atoms with Gasteiger partial charge in [0.15, 0.2) is 0 Å². The van der Waals surface area contributed by atoms with Gasteiger partial charge in [-0.1, -0.05) is 36.4 Å². The summed E-state index contributed by atoms with van der Waals surface area (Å²) in [7, 11) is 1.64. The summed E-state index contributed by atoms with van der Waals surface area (Å²) >= 11 is 5.03. The summed E-state index contributed by atoms with van der Waals surface area (Å²) in [5.74, 6) is 0.826. The smallest absolute Gasteiger partial charge is 0.142 e. The molecule has 0 saturated heterocycles. The molecule has 0 unspecified atom stereocenters. The molecule has 98 valence electrons. The topological polar surface area (TPSA) is 42.9 Å². The molecule has 5 heteroatoms. The normalized spacial score (nSPS) is 10.3. The largest absolute Gasteiger partial charge is 0.497 e. The highest BCUT2D eigenvalue weighted by molar-refractivity contribution is 7.81. The molecule has 1 N–H and O–H groups in total. The van der Waals surface area contributed by atoms with E-state index in [2.05, 4.69) is 17.4 Å². The van der Waals surface area contributed by atoms with Crippen molar-refractivity contribution >= 4 is 23.4 Å². The highest BCUT2D eigenvalue weighted by Crippen LogP contribution is 2.11. The van der Waals surface area contributed by atoms with Crippen LogP contribution in [-0.2, 0) is 11.4 Å². The van der Waals surface area contributed by atoms with Crippen molar-refractivity contribution in [3.63, 3.8) is 0 Å². The SMILES string of the molecule is CCCNC(=S)C=NOCc1ccc(OC)cc1. The van der Waals surface area contributed by atoms with Crippen LogP contribution in [0.4, 0.5) is 0 Å². The van der Waals surface area contributed by atoms with E-state index in [1.807, 2.05) is 24.3 Å². The van der Waals surface area contributed by atoms with Gasteiger partial charge in [-0.3, -0.25) is 0 Å². The molecule has 0 radical (unpaired) electrons. The van der Waals surface area contributed by atoms with Gasteiger partial charge in [0.1, 0.15) is 23.6 Å². The number of nitrogens with zero attached hydrogens (tertiary/aromatic N) is 1. The van der Waals surface area contributed by atoms with E-state index in [0.29, 0.717) is 11.6 Å². The molecule has 1 rings (SSSR count). The quantitative estimate of drug-likeness (QED) is 0.468. The first-order valence-corrected chi connectivity index (χ1v) is 6.23. The van der Waals surface area contributed by atoms with Crippen molar-refractivity contribution in [3.8, 4) is 5.75 Å². The zero-order valence-corrected chi connectivity index (χ0v) is 11.5. The predicted molar refractivity (Wildman–Crippen MR) is 77.2 cm³/mol. The molecule has 0 spiro atoms. The van der Waals surface area contributed by atoms with Gasteiger partial charge in [-0.2, -0.15) is 0 Å². The molecule has 0 heterocycles. The fourth-order valence-corrected chi connectivity index (χ4v) is 1.36. The van der Waals surface area contributed by atoms with Crippen LogP contribution in [0.25, 0.3) is 0 Å². The summed E-state index contributed by atoms with van der Waals surface area (Å²) in [6.07, 6.45) is 2.54. The fraction of sp³-hybridized carbons (Fsp3) is 0.385. The average molecular weight is 266 g/mol. The Labute approximate surface area is 113 Å². The van der Waals surface area contributed by atoms with Gasteiger partial charge in [0.25, 0.3) is 0 Å². The molecule has 0 aliphatic heterocycles. The first-order chi connectivity index (χ1) is 8.76. The Bertz CT molecular complexity index is 390. The van der Waals surface area contributed by atoms with E-state index in [1.165, 1.54) is 6.21 Å². The van der Waals surface area contributed by atoms with E-state index in [4.69, 9.17) is 21.8 Å². The Hall–Kier alpha value is -1.62. The number of methoxy groups -OCH3 is 1. The van der Waals surface area contributed by atoms with Crippen molar-refractivity contribution < 1.29 is 9.57 Å². The minimum absolute atomic E-state index is 0.414. The lowest BCUT2D eigenvalue weighted by atomic mass is 10.2. The molecule has 0 aliphatic rings. The molecule has 0 aromatic heterocycles. The summed E-state index contributed by atoms with van der Waals surface area (Å²) in [4.78, 5) is 5.73. The van der Waals surface area contributed by atoms with Crippen LogP contribution in [0, 0.1) is 0 Å². The Morgan fingerprint density at radius 3 is 2.72 bits per heavy atom. The molecule has 1 aromatic carbocycles. The molecule has 0 bridgehead atoms. The van der Waals surface area contributed by atoms with Crippen molar-refractivity contribution in [2.75, 3.05) is 13.7 Å². The van der Waals surface area contributed by atoms with Crippen LogP contribution in [0.3, 0.4) is 0 Å². The van der Waals surface area contributed by atoms with Gasteiger partial charge in [0, 0.05) is 6.54 Å². The van der Waals surface area contributed by atoms with E-state index < -0.39 is 0 Å². The zero-order chi connectivity index (χ0) is 13.2. The van der Waals surface area contributed by atoms with E-state index in [1.54, 1.807) is 7.11 Å². The maximum absolute atomic E-state index is 5.14. The molecule has 0 fully saturated rings. The Balaban J connectivity index is 2.28. The molecule has 0 aliphatic carbocycles. The second kappa shape index (κ2) is 8.47. The van der Waals surface area contributed by atoms with Crippen LogP contribution >= 0.6 is 12.2 Å². The second-order valence-electron chi connectivity index (χ2n) is 3.65. The fourth-order valence-electron chi connectivity index (χ4n) is 1.21. The van der Waals surface area contributed by atoms with Gasteiger partial charge in [0.05, 0.1) is 7.11 Å². The molecular formula is C13H18N2O2S. The second-order valence-corrected chi connectivity index (χ2v) is 4.09. The summed E-state index contributed by atoms with van der Waals surface area (Å²) in [5.41, 5.74) is 1.03. The van der Waals surface area contributed by atoms with E-state index >= 15 is 0 Å². The van der Waals surface area contributed by atoms with Crippen molar-refractivity contribution in [2.45, 2.75) is 20.0 Å². The van der Waals surface area contributed by atoms with Crippen LogP contribution in [-0.4, -0.2) is 24.9 Å². The Morgan fingerprint density at radius 1 is 1.39 bits per heavy atom. The average Bonchev–Trinajstić information content (AvgIpc) is 2.42. The van der Waals surface area contributed by atoms with Gasteiger partial charge in [-0.15, -0.1) is 0 Å². The first-order valence-electron chi connectivity index (χ1n) is 5.82. The van der Waals surface area contributed by atoms with E-state index in [-0.39, 0.29) is 0 Å². The molecule has 4 nitrogen and oxygen atoms in total. The van der Waals surface area contributed by atoms with Crippen molar-refractivity contribution in [1.82, 2.24) is 5.32 Å². The third-order valence-corrected chi connectivity index (χ3v) is 2.43. The minimum Gasteiger partial charge on any atom is -0.497 e. The maximum Gasteiger partial charge on any atom is 0.142 e. The lowest BCUT2D eigenvalue weighted by Crippen LogP contribution is -2.22. The van der Waals surface area contributed by atoms with Crippen LogP contribution in [0.1, 0.15) is 18.9 Å². The maximum atomic E-state index is 5.14. The minimum atomic E-state index is 0.414. The predicted octanol–water partition coefficient (Wildman–Crippen LogP) is 2.52. The van der Waals surface area contributed by atoms with E-state index in [9.17, 15) is 0 Å². The molecule has 0 amide bonds. The van der Waals surface area contributed by atoms with Crippen LogP contribution in [0.5, 0.6) is 5.75 Å². The van der Waals surface area contributed by atoms with Gasteiger partial charge in [-0.25, -0.2) is 0 Å². The Kier molecular flexibility index (Phi) is 6.79. The number of nitrogens with one attached hydrogen (secondary N) is 1. The van der Waals surface area contributed by atoms with Crippen molar-refractivity contribution in [3.05, 3.63) is 29.8 Å². The van der Waals surface area contributed by atoms with Crippen LogP contribution in [0.15, 0.2) is 29.4 Å². The summed E-state index contributed by atoms with van der Waals surface area (Å²) in [5, 5.41) is 6.83. The van der Waals surface area contributed by atoms with E-state index in [0.717, 1.165) is 24.3 Å².